The molecule has 1 aliphatic heterocycles. The first-order valence-electron chi connectivity index (χ1n) is 6.83. The van der Waals surface area contributed by atoms with Crippen LogP contribution in [-0.2, 0) is 25.7 Å². The van der Waals surface area contributed by atoms with Crippen LogP contribution in [0.2, 0.25) is 0 Å². The minimum atomic E-state index is -3.80. The number of anilines is 1. The smallest absolute Gasteiger partial charge is 0.344 e. The van der Waals surface area contributed by atoms with Gasteiger partial charge in [0.25, 0.3) is 0 Å². The largest absolute Gasteiger partial charge is 0.493 e. The maximum atomic E-state index is 11.5. The molecule has 0 amide bonds. The van der Waals surface area contributed by atoms with Crippen LogP contribution in [0, 0.1) is 0 Å². The summed E-state index contributed by atoms with van der Waals surface area (Å²) in [7, 11) is -3.80. The first-order valence-corrected chi connectivity index (χ1v) is 9.40. The number of amidine groups is 1. The lowest BCUT2D eigenvalue weighted by molar-refractivity contribution is 0.289. The van der Waals surface area contributed by atoms with Gasteiger partial charge in [-0.3, -0.25) is 8.91 Å². The van der Waals surface area contributed by atoms with E-state index in [9.17, 15) is 12.6 Å². The predicted octanol–water partition coefficient (Wildman–Crippen LogP) is 0.165. The van der Waals surface area contributed by atoms with Gasteiger partial charge in [0, 0.05) is 0 Å². The van der Waals surface area contributed by atoms with Crippen molar-refractivity contribution >= 4 is 33.0 Å². The third kappa shape index (κ3) is 5.16. The van der Waals surface area contributed by atoms with Crippen LogP contribution in [0.3, 0.4) is 0 Å². The van der Waals surface area contributed by atoms with Gasteiger partial charge >= 0.3 is 10.2 Å². The predicted molar refractivity (Wildman–Crippen MR) is 87.3 cm³/mol. The van der Waals surface area contributed by atoms with Crippen molar-refractivity contribution in [1.82, 2.24) is 0 Å². The summed E-state index contributed by atoms with van der Waals surface area (Å²) in [4.78, 5) is 0. The van der Waals surface area contributed by atoms with Crippen LogP contribution in [0.5, 0.6) is 5.75 Å². The van der Waals surface area contributed by atoms with Crippen LogP contribution in [0.1, 0.15) is 24.8 Å². The number of fused-ring (bicyclic) bond motifs is 1. The molecule has 1 aliphatic rings. The maximum Gasteiger partial charge on any atom is 0.344 e. The third-order valence-corrected chi connectivity index (χ3v) is 4.30. The molecule has 0 spiro atoms. The van der Waals surface area contributed by atoms with Gasteiger partial charge in [-0.1, -0.05) is 6.07 Å². The van der Waals surface area contributed by atoms with Crippen molar-refractivity contribution < 1.29 is 21.5 Å². The average Bonchev–Trinajstić information content (AvgIpc) is 2.44. The number of nitrogens with one attached hydrogen (secondary N) is 1. The summed E-state index contributed by atoms with van der Waals surface area (Å²) in [5, 5.41) is 4.96. The Bertz CT molecular complexity index is 720. The highest BCUT2D eigenvalue weighted by atomic mass is 32.2. The van der Waals surface area contributed by atoms with E-state index in [0.717, 1.165) is 12.8 Å². The molecule has 2 rings (SSSR count). The summed E-state index contributed by atoms with van der Waals surface area (Å²) >= 11 is -1.73. The Kier molecular flexibility index (Phi) is 5.93. The molecular formula is C12H18N4O5S2. The van der Waals surface area contributed by atoms with Crippen LogP contribution >= 0.6 is 0 Å². The van der Waals surface area contributed by atoms with Crippen molar-refractivity contribution in [2.45, 2.75) is 19.3 Å². The number of ether oxygens (including phenoxy) is 1. The van der Waals surface area contributed by atoms with E-state index in [0.29, 0.717) is 36.6 Å². The van der Waals surface area contributed by atoms with E-state index in [-0.39, 0.29) is 5.84 Å². The zero-order valence-corrected chi connectivity index (χ0v) is 13.9. The first-order chi connectivity index (χ1) is 10.9. The van der Waals surface area contributed by atoms with E-state index in [1.165, 1.54) is 0 Å². The first kappa shape index (κ1) is 17.7. The van der Waals surface area contributed by atoms with Gasteiger partial charge in [-0.05, 0) is 31.4 Å². The summed E-state index contributed by atoms with van der Waals surface area (Å²) in [5.41, 5.74) is 6.49. The molecule has 1 unspecified atom stereocenters. The highest BCUT2D eigenvalue weighted by Gasteiger charge is 2.24. The second-order valence-corrected chi connectivity index (χ2v) is 6.82. The molecule has 1 atom stereocenters. The fraction of sp³-hybridized carbons (Fsp3) is 0.417. The molecular weight excluding hydrogens is 344 g/mol. The van der Waals surface area contributed by atoms with Gasteiger partial charge in [0.1, 0.15) is 5.75 Å². The van der Waals surface area contributed by atoms with Gasteiger partial charge in [-0.25, -0.2) is 9.35 Å². The van der Waals surface area contributed by atoms with Crippen molar-refractivity contribution in [3.8, 4) is 5.75 Å². The topological polar surface area (TPSA) is 146 Å². The fourth-order valence-electron chi connectivity index (χ4n) is 2.04. The van der Waals surface area contributed by atoms with E-state index in [1.807, 2.05) is 0 Å². The molecule has 0 aromatic heterocycles. The summed E-state index contributed by atoms with van der Waals surface area (Å²) in [6, 6.07) is 4.95. The molecule has 0 bridgehead atoms. The number of hydrogen-bond acceptors (Lipinski definition) is 6. The Morgan fingerprint density at radius 1 is 1.22 bits per heavy atom. The standard InChI is InChI=1S/C12H18N4O5S2/c13-12-11-9(15-23(18,19)16-12)5-4-6-10(11)20-7-2-1-3-8-21-22(14)17/h4-6,15H,1-3,7-8,14H2,(H2,13,16). The molecule has 5 N–H and O–H groups in total. The molecule has 23 heavy (non-hydrogen) atoms. The van der Waals surface area contributed by atoms with Crippen LogP contribution in [0.15, 0.2) is 22.6 Å². The molecule has 9 nitrogen and oxygen atoms in total. The number of hydrogen-bond donors (Lipinski definition) is 3. The molecule has 0 radical (unpaired) electrons. The van der Waals surface area contributed by atoms with Crippen molar-refractivity contribution in [1.29, 1.82) is 0 Å². The van der Waals surface area contributed by atoms with Crippen LogP contribution in [0.4, 0.5) is 5.69 Å². The molecule has 0 saturated heterocycles. The molecule has 0 fully saturated rings. The monoisotopic (exact) mass is 362 g/mol. The summed E-state index contributed by atoms with van der Waals surface area (Å²) in [6.45, 7) is 0.743. The lowest BCUT2D eigenvalue weighted by Crippen LogP contribution is -2.27. The Hall–Kier alpha value is -1.69. The number of nitrogens with two attached hydrogens (primary N) is 2. The molecule has 0 saturated carbocycles. The van der Waals surface area contributed by atoms with E-state index in [4.69, 9.17) is 19.8 Å². The second-order valence-electron chi connectivity index (χ2n) is 4.72. The van der Waals surface area contributed by atoms with E-state index < -0.39 is 21.5 Å². The zero-order valence-electron chi connectivity index (χ0n) is 12.2. The Morgan fingerprint density at radius 3 is 2.70 bits per heavy atom. The van der Waals surface area contributed by atoms with Crippen LogP contribution in [0.25, 0.3) is 0 Å². The summed E-state index contributed by atoms with van der Waals surface area (Å²) in [6.07, 6.45) is 2.26. The fourth-order valence-corrected chi connectivity index (χ4v) is 3.17. The van der Waals surface area contributed by atoms with E-state index >= 15 is 0 Å². The van der Waals surface area contributed by atoms with Crippen LogP contribution in [-0.4, -0.2) is 31.7 Å². The summed E-state index contributed by atoms with van der Waals surface area (Å²) < 4.78 is 49.6. The Balaban J connectivity index is 1.89. The van der Waals surface area contributed by atoms with Gasteiger partial charge in [-0.2, -0.15) is 8.42 Å². The van der Waals surface area contributed by atoms with Crippen molar-refractivity contribution in [3.63, 3.8) is 0 Å². The Labute approximate surface area is 137 Å². The molecule has 11 heteroatoms. The van der Waals surface area contributed by atoms with Gasteiger partial charge in [0.15, 0.2) is 5.84 Å². The third-order valence-electron chi connectivity index (χ3n) is 2.99. The molecule has 128 valence electrons. The van der Waals surface area contributed by atoms with Gasteiger partial charge in [0.05, 0.1) is 24.5 Å². The second kappa shape index (κ2) is 7.73. The van der Waals surface area contributed by atoms with Crippen molar-refractivity contribution in [2.24, 2.45) is 15.3 Å². The van der Waals surface area contributed by atoms with Gasteiger partial charge in [-0.15, -0.1) is 4.40 Å². The number of benzene rings is 1. The summed E-state index contributed by atoms with van der Waals surface area (Å²) in [5.74, 6) is 0.360. The van der Waals surface area contributed by atoms with Crippen molar-refractivity contribution in [3.05, 3.63) is 23.8 Å². The SMILES string of the molecule is NC1=NS(=O)(=O)Nc2cccc(OCCCCCOS(N)=O)c21. The van der Waals surface area contributed by atoms with Gasteiger partial charge < -0.3 is 10.5 Å². The molecule has 1 aromatic carbocycles. The quantitative estimate of drug-likeness (QED) is 0.562. The van der Waals surface area contributed by atoms with E-state index in [1.54, 1.807) is 18.2 Å². The molecule has 1 heterocycles. The van der Waals surface area contributed by atoms with Gasteiger partial charge in [0.2, 0.25) is 11.3 Å². The normalized spacial score (nSPS) is 16.8. The minimum absolute atomic E-state index is 0.104. The molecule has 1 aromatic rings. The Morgan fingerprint density at radius 2 is 1.96 bits per heavy atom. The highest BCUT2D eigenvalue weighted by Crippen LogP contribution is 2.30. The number of rotatable bonds is 8. The lowest BCUT2D eigenvalue weighted by Gasteiger charge is -2.19. The minimum Gasteiger partial charge on any atom is -0.493 e. The maximum absolute atomic E-state index is 11.5. The van der Waals surface area contributed by atoms with Crippen molar-refractivity contribution in [2.75, 3.05) is 17.9 Å². The van der Waals surface area contributed by atoms with E-state index in [2.05, 4.69) is 9.12 Å². The highest BCUT2D eigenvalue weighted by molar-refractivity contribution is 7.91. The lowest BCUT2D eigenvalue weighted by atomic mass is 10.1. The van der Waals surface area contributed by atoms with Crippen LogP contribution < -0.4 is 20.3 Å². The average molecular weight is 362 g/mol. The number of unbranched alkanes of at least 4 members (excludes halogenated alkanes) is 2. The number of nitrogens with zero attached hydrogens (tertiary/aromatic N) is 1. The molecule has 0 aliphatic carbocycles. The zero-order chi connectivity index (χ0) is 16.9.